The van der Waals surface area contributed by atoms with Crippen molar-refractivity contribution in [3.8, 4) is 0 Å². The Morgan fingerprint density at radius 2 is 1.79 bits per heavy atom. The summed E-state index contributed by atoms with van der Waals surface area (Å²) < 4.78 is 25.2. The average Bonchev–Trinajstić information content (AvgIpc) is 2.18. The molecule has 6 heteroatoms. The molecule has 1 fully saturated rings. The summed E-state index contributed by atoms with van der Waals surface area (Å²) in [6, 6.07) is 0. The zero-order valence-electron chi connectivity index (χ0n) is 8.40. The molecular weight excluding hydrogens is 224 g/mol. The molecule has 0 aliphatic heterocycles. The summed E-state index contributed by atoms with van der Waals surface area (Å²) in [5.74, 6) is 0.531. The molecule has 0 aromatic rings. The molecule has 86 valence electrons. The molecule has 0 radical (unpaired) electrons. The second-order valence-corrected chi connectivity index (χ2v) is 5.79. The molecule has 1 rings (SSSR count). The lowest BCUT2D eigenvalue weighted by molar-refractivity contribution is 0.363. The van der Waals surface area contributed by atoms with Gasteiger partial charge in [-0.05, 0) is 45.2 Å². The Labute approximate surface area is 92.1 Å². The number of sulfonamides is 1. The first-order valence-electron chi connectivity index (χ1n) is 4.72. The van der Waals surface area contributed by atoms with Crippen molar-refractivity contribution in [1.82, 2.24) is 4.72 Å². The Morgan fingerprint density at radius 3 is 2.14 bits per heavy atom. The molecular formula is C8H19ClN2O2S. The van der Waals surface area contributed by atoms with E-state index in [1.807, 2.05) is 0 Å². The number of hydrogen-bond acceptors (Lipinski definition) is 3. The summed E-state index contributed by atoms with van der Waals surface area (Å²) in [7, 11) is -1.57. The fourth-order valence-electron chi connectivity index (χ4n) is 1.84. The molecule has 0 unspecified atom stereocenters. The minimum absolute atomic E-state index is 0. The number of nitrogens with one attached hydrogen (secondary N) is 1. The molecule has 0 heterocycles. The van der Waals surface area contributed by atoms with Crippen LogP contribution in [0.15, 0.2) is 0 Å². The van der Waals surface area contributed by atoms with Gasteiger partial charge in [-0.15, -0.1) is 12.4 Å². The van der Waals surface area contributed by atoms with Crippen LogP contribution >= 0.6 is 12.4 Å². The maximum atomic E-state index is 11.4. The van der Waals surface area contributed by atoms with Gasteiger partial charge in [-0.2, -0.15) is 0 Å². The van der Waals surface area contributed by atoms with Crippen molar-refractivity contribution in [2.24, 2.45) is 11.7 Å². The first-order chi connectivity index (χ1) is 6.10. The van der Waals surface area contributed by atoms with Crippen molar-refractivity contribution in [3.05, 3.63) is 0 Å². The predicted molar refractivity (Wildman–Crippen MR) is 60.0 cm³/mol. The van der Waals surface area contributed by atoms with E-state index in [-0.39, 0.29) is 17.7 Å². The van der Waals surface area contributed by atoms with Crippen molar-refractivity contribution in [3.63, 3.8) is 0 Å². The largest absolute Gasteiger partial charge is 0.330 e. The molecule has 0 saturated heterocycles. The van der Waals surface area contributed by atoms with Gasteiger partial charge in [-0.25, -0.2) is 13.1 Å². The summed E-state index contributed by atoms with van der Waals surface area (Å²) in [6.45, 7) is 0.687. The van der Waals surface area contributed by atoms with E-state index in [4.69, 9.17) is 5.73 Å². The quantitative estimate of drug-likeness (QED) is 0.756. The normalized spacial score (nSPS) is 28.1. The van der Waals surface area contributed by atoms with Gasteiger partial charge in [0.25, 0.3) is 0 Å². The summed E-state index contributed by atoms with van der Waals surface area (Å²) in [4.78, 5) is 0. The van der Waals surface area contributed by atoms with E-state index in [1.54, 1.807) is 0 Å². The average molecular weight is 243 g/mol. The van der Waals surface area contributed by atoms with Crippen molar-refractivity contribution in [1.29, 1.82) is 0 Å². The molecule has 0 atom stereocenters. The first-order valence-corrected chi connectivity index (χ1v) is 6.27. The Kier molecular flexibility index (Phi) is 5.97. The molecule has 0 spiro atoms. The van der Waals surface area contributed by atoms with Gasteiger partial charge in [0.2, 0.25) is 10.0 Å². The summed E-state index contributed by atoms with van der Waals surface area (Å²) >= 11 is 0. The van der Waals surface area contributed by atoms with Crippen LogP contribution in [-0.4, -0.2) is 27.3 Å². The van der Waals surface area contributed by atoms with E-state index in [9.17, 15) is 8.42 Å². The smallest absolute Gasteiger partial charge is 0.214 e. The zero-order valence-corrected chi connectivity index (χ0v) is 10.0. The van der Waals surface area contributed by atoms with Crippen LogP contribution in [0.4, 0.5) is 0 Å². The molecule has 4 nitrogen and oxygen atoms in total. The highest BCUT2D eigenvalue weighted by Crippen LogP contribution is 2.27. The van der Waals surface area contributed by atoms with Gasteiger partial charge in [-0.3, -0.25) is 0 Å². The fraction of sp³-hybridized carbons (Fsp3) is 1.00. The van der Waals surface area contributed by atoms with Crippen molar-refractivity contribution >= 4 is 22.4 Å². The highest BCUT2D eigenvalue weighted by Gasteiger charge is 2.28. The van der Waals surface area contributed by atoms with E-state index in [2.05, 4.69) is 4.72 Å². The Hall–Kier alpha value is 0.160. The molecule has 14 heavy (non-hydrogen) atoms. The highest BCUT2D eigenvalue weighted by molar-refractivity contribution is 7.90. The third-order valence-corrected chi connectivity index (χ3v) is 4.77. The van der Waals surface area contributed by atoms with Gasteiger partial charge in [-0.1, -0.05) is 0 Å². The number of halogens is 1. The lowest BCUT2D eigenvalue weighted by Crippen LogP contribution is -2.35. The van der Waals surface area contributed by atoms with Crippen LogP contribution in [0.5, 0.6) is 0 Å². The second-order valence-electron chi connectivity index (χ2n) is 3.63. The SMILES string of the molecule is CNS(=O)(=O)C1CCC(CN)CC1.Cl. The van der Waals surface area contributed by atoms with E-state index in [0.717, 1.165) is 25.7 Å². The Balaban J connectivity index is 0.00000169. The van der Waals surface area contributed by atoms with Gasteiger partial charge in [0.05, 0.1) is 5.25 Å². The van der Waals surface area contributed by atoms with Crippen molar-refractivity contribution in [2.75, 3.05) is 13.6 Å². The molecule has 3 N–H and O–H groups in total. The van der Waals surface area contributed by atoms with Crippen LogP contribution in [-0.2, 0) is 10.0 Å². The van der Waals surface area contributed by atoms with Gasteiger partial charge in [0.15, 0.2) is 0 Å². The summed E-state index contributed by atoms with van der Waals surface area (Å²) in [6.07, 6.45) is 3.40. The monoisotopic (exact) mass is 242 g/mol. The topological polar surface area (TPSA) is 72.2 Å². The van der Waals surface area contributed by atoms with Crippen molar-refractivity contribution in [2.45, 2.75) is 30.9 Å². The molecule has 0 bridgehead atoms. The van der Waals surface area contributed by atoms with Gasteiger partial charge >= 0.3 is 0 Å². The minimum atomic E-state index is -3.04. The highest BCUT2D eigenvalue weighted by atomic mass is 35.5. The fourth-order valence-corrected chi connectivity index (χ4v) is 3.07. The number of hydrogen-bond donors (Lipinski definition) is 2. The van der Waals surface area contributed by atoms with E-state index in [0.29, 0.717) is 12.5 Å². The molecule has 1 aliphatic carbocycles. The van der Waals surface area contributed by atoms with Crippen LogP contribution in [0.25, 0.3) is 0 Å². The van der Waals surface area contributed by atoms with E-state index in [1.165, 1.54) is 7.05 Å². The third kappa shape index (κ3) is 3.38. The van der Waals surface area contributed by atoms with Crippen LogP contribution < -0.4 is 10.5 Å². The van der Waals surface area contributed by atoms with Crippen LogP contribution in [0.2, 0.25) is 0 Å². The molecule has 0 aromatic heterocycles. The minimum Gasteiger partial charge on any atom is -0.330 e. The predicted octanol–water partition coefficient (Wildman–Crippen LogP) is 0.475. The Morgan fingerprint density at radius 1 is 1.29 bits per heavy atom. The summed E-state index contributed by atoms with van der Waals surface area (Å²) in [5, 5.41) is -0.194. The zero-order chi connectivity index (χ0) is 9.90. The number of rotatable bonds is 3. The molecule has 0 aromatic carbocycles. The molecule has 0 amide bonds. The summed E-state index contributed by atoms with van der Waals surface area (Å²) in [5.41, 5.74) is 5.53. The van der Waals surface area contributed by atoms with Crippen LogP contribution in [0, 0.1) is 5.92 Å². The second kappa shape index (κ2) is 5.90. The van der Waals surface area contributed by atoms with Gasteiger partial charge in [0, 0.05) is 0 Å². The van der Waals surface area contributed by atoms with Crippen LogP contribution in [0.1, 0.15) is 25.7 Å². The van der Waals surface area contributed by atoms with Crippen molar-refractivity contribution < 1.29 is 8.42 Å². The molecule has 1 aliphatic rings. The van der Waals surface area contributed by atoms with Crippen LogP contribution in [0.3, 0.4) is 0 Å². The standard InChI is InChI=1S/C8H18N2O2S.ClH/c1-10-13(11,12)8-4-2-7(6-9)3-5-8;/h7-8,10H,2-6,9H2,1H3;1H. The maximum absolute atomic E-state index is 11.4. The third-order valence-electron chi connectivity index (χ3n) is 2.85. The maximum Gasteiger partial charge on any atom is 0.214 e. The Bertz CT molecular complexity index is 248. The number of nitrogens with two attached hydrogens (primary N) is 1. The lowest BCUT2D eigenvalue weighted by Gasteiger charge is -2.26. The lowest BCUT2D eigenvalue weighted by atomic mass is 9.89. The van der Waals surface area contributed by atoms with E-state index >= 15 is 0 Å². The molecule has 1 saturated carbocycles. The van der Waals surface area contributed by atoms with E-state index < -0.39 is 10.0 Å². The van der Waals surface area contributed by atoms with Gasteiger partial charge in [0.1, 0.15) is 0 Å². The van der Waals surface area contributed by atoms with Gasteiger partial charge < -0.3 is 5.73 Å². The first kappa shape index (κ1) is 14.2.